The highest BCUT2D eigenvalue weighted by Gasteiger charge is 2.30. The van der Waals surface area contributed by atoms with E-state index in [1.807, 2.05) is 4.90 Å². The van der Waals surface area contributed by atoms with Crippen LogP contribution in [0.15, 0.2) is 6.33 Å². The molecule has 3 rings (SSSR count). The molecule has 20 heavy (non-hydrogen) atoms. The van der Waals surface area contributed by atoms with Crippen molar-refractivity contribution in [1.29, 1.82) is 0 Å². The molecule has 0 aromatic carbocycles. The Morgan fingerprint density at radius 1 is 1.30 bits per heavy atom. The Kier molecular flexibility index (Phi) is 3.59. The summed E-state index contributed by atoms with van der Waals surface area (Å²) in [5.41, 5.74) is 2.60. The number of carbonyl (C=O) groups is 1. The molecule has 1 atom stereocenters. The third-order valence-corrected chi connectivity index (χ3v) is 4.60. The molecule has 1 fully saturated rings. The lowest BCUT2D eigenvalue weighted by Crippen LogP contribution is -2.48. The van der Waals surface area contributed by atoms with Crippen molar-refractivity contribution in [3.8, 4) is 0 Å². The SMILES string of the molecule is CCC1CCc2ncnc(N3CCN(C(C)=O)CC3)c21. The van der Waals surface area contributed by atoms with E-state index in [-0.39, 0.29) is 5.91 Å². The third kappa shape index (κ3) is 2.25. The van der Waals surface area contributed by atoms with E-state index in [1.54, 1.807) is 13.3 Å². The van der Waals surface area contributed by atoms with Gasteiger partial charge in [0.1, 0.15) is 12.1 Å². The van der Waals surface area contributed by atoms with E-state index in [4.69, 9.17) is 0 Å². The van der Waals surface area contributed by atoms with Crippen LogP contribution in [0.2, 0.25) is 0 Å². The zero-order valence-electron chi connectivity index (χ0n) is 12.3. The van der Waals surface area contributed by atoms with Gasteiger partial charge in [0.15, 0.2) is 0 Å². The second-order valence-corrected chi connectivity index (χ2v) is 5.69. The van der Waals surface area contributed by atoms with Gasteiger partial charge in [-0.3, -0.25) is 4.79 Å². The number of aromatic nitrogens is 2. The minimum Gasteiger partial charge on any atom is -0.353 e. The highest BCUT2D eigenvalue weighted by atomic mass is 16.2. The molecule has 5 heteroatoms. The monoisotopic (exact) mass is 274 g/mol. The van der Waals surface area contributed by atoms with Gasteiger partial charge in [0.25, 0.3) is 0 Å². The van der Waals surface area contributed by atoms with Gasteiger partial charge in [-0.2, -0.15) is 0 Å². The second kappa shape index (κ2) is 5.38. The molecule has 0 saturated carbocycles. The van der Waals surface area contributed by atoms with Crippen molar-refractivity contribution in [3.05, 3.63) is 17.6 Å². The summed E-state index contributed by atoms with van der Waals surface area (Å²) in [4.78, 5) is 24.7. The number of nitrogens with zero attached hydrogens (tertiary/aromatic N) is 4. The molecule has 1 unspecified atom stereocenters. The summed E-state index contributed by atoms with van der Waals surface area (Å²) in [7, 11) is 0. The minimum atomic E-state index is 0.170. The summed E-state index contributed by atoms with van der Waals surface area (Å²) < 4.78 is 0. The lowest BCUT2D eigenvalue weighted by Gasteiger charge is -2.36. The summed E-state index contributed by atoms with van der Waals surface area (Å²) in [6.45, 7) is 7.23. The van der Waals surface area contributed by atoms with Crippen LogP contribution in [-0.2, 0) is 11.2 Å². The maximum Gasteiger partial charge on any atom is 0.219 e. The number of hydrogen-bond acceptors (Lipinski definition) is 4. The molecule has 1 aromatic heterocycles. The molecule has 2 aliphatic rings. The minimum absolute atomic E-state index is 0.170. The van der Waals surface area contributed by atoms with E-state index >= 15 is 0 Å². The standard InChI is InChI=1S/C15H22N4O/c1-3-12-4-5-13-14(12)15(17-10-16-13)19-8-6-18(7-9-19)11(2)20/h10,12H,3-9H2,1-2H3. The van der Waals surface area contributed by atoms with Gasteiger partial charge in [-0.25, -0.2) is 9.97 Å². The van der Waals surface area contributed by atoms with Crippen LogP contribution < -0.4 is 4.90 Å². The van der Waals surface area contributed by atoms with Crippen LogP contribution in [-0.4, -0.2) is 47.0 Å². The fourth-order valence-corrected chi connectivity index (χ4v) is 3.39. The number of aryl methyl sites for hydroxylation is 1. The van der Waals surface area contributed by atoms with E-state index in [1.165, 1.54) is 17.7 Å². The van der Waals surface area contributed by atoms with Crippen LogP contribution in [0, 0.1) is 0 Å². The predicted molar refractivity (Wildman–Crippen MR) is 77.9 cm³/mol. The number of piperazine rings is 1. The molecule has 108 valence electrons. The van der Waals surface area contributed by atoms with Gasteiger partial charge in [-0.05, 0) is 25.2 Å². The van der Waals surface area contributed by atoms with Gasteiger partial charge in [0.05, 0.1) is 0 Å². The van der Waals surface area contributed by atoms with Crippen LogP contribution in [0.5, 0.6) is 0 Å². The lowest BCUT2D eigenvalue weighted by molar-refractivity contribution is -0.129. The van der Waals surface area contributed by atoms with Crippen molar-refractivity contribution in [3.63, 3.8) is 0 Å². The van der Waals surface area contributed by atoms with Crippen molar-refractivity contribution < 1.29 is 4.79 Å². The molecule has 0 bridgehead atoms. The number of carbonyl (C=O) groups excluding carboxylic acids is 1. The number of fused-ring (bicyclic) bond motifs is 1. The van der Waals surface area contributed by atoms with Gasteiger partial charge in [-0.1, -0.05) is 6.92 Å². The first-order chi connectivity index (χ1) is 9.70. The van der Waals surface area contributed by atoms with Crippen molar-refractivity contribution in [2.45, 2.75) is 39.0 Å². The summed E-state index contributed by atoms with van der Waals surface area (Å²) in [5.74, 6) is 1.89. The summed E-state index contributed by atoms with van der Waals surface area (Å²) in [6.07, 6.45) is 5.13. The van der Waals surface area contributed by atoms with Crippen molar-refractivity contribution >= 4 is 11.7 Å². The van der Waals surface area contributed by atoms with Crippen molar-refractivity contribution in [2.24, 2.45) is 0 Å². The average Bonchev–Trinajstić information content (AvgIpc) is 2.90. The molecule has 0 N–H and O–H groups in total. The average molecular weight is 274 g/mol. The van der Waals surface area contributed by atoms with Gasteiger partial charge >= 0.3 is 0 Å². The molecule has 0 spiro atoms. The Labute approximate surface area is 120 Å². The fourth-order valence-electron chi connectivity index (χ4n) is 3.39. The summed E-state index contributed by atoms with van der Waals surface area (Å²) in [5, 5.41) is 0. The Morgan fingerprint density at radius 3 is 2.70 bits per heavy atom. The molecule has 1 aromatic rings. The zero-order chi connectivity index (χ0) is 14.1. The summed E-state index contributed by atoms with van der Waals surface area (Å²) >= 11 is 0. The molecule has 1 aliphatic heterocycles. The van der Waals surface area contributed by atoms with Crippen molar-refractivity contribution in [1.82, 2.24) is 14.9 Å². The highest BCUT2D eigenvalue weighted by molar-refractivity contribution is 5.73. The maximum absolute atomic E-state index is 11.4. The first-order valence-corrected chi connectivity index (χ1v) is 7.55. The molecule has 1 aliphatic carbocycles. The van der Waals surface area contributed by atoms with E-state index in [0.29, 0.717) is 5.92 Å². The van der Waals surface area contributed by atoms with Crippen LogP contribution in [0.25, 0.3) is 0 Å². The Balaban J connectivity index is 1.82. The van der Waals surface area contributed by atoms with Crippen molar-refractivity contribution in [2.75, 3.05) is 31.1 Å². The normalized spacial score (nSPS) is 22.0. The summed E-state index contributed by atoms with van der Waals surface area (Å²) in [6, 6.07) is 0. The Hall–Kier alpha value is -1.65. The topological polar surface area (TPSA) is 49.3 Å². The van der Waals surface area contributed by atoms with E-state index in [9.17, 15) is 4.79 Å². The lowest BCUT2D eigenvalue weighted by atomic mass is 10.00. The first-order valence-electron chi connectivity index (χ1n) is 7.55. The molecule has 1 amide bonds. The van der Waals surface area contributed by atoms with Gasteiger partial charge in [0.2, 0.25) is 5.91 Å². The molecule has 1 saturated heterocycles. The smallest absolute Gasteiger partial charge is 0.219 e. The van der Waals surface area contributed by atoms with E-state index in [2.05, 4.69) is 21.8 Å². The molecular formula is C15H22N4O. The van der Waals surface area contributed by atoms with Gasteiger partial charge in [0, 0.05) is 44.4 Å². The van der Waals surface area contributed by atoms with E-state index < -0.39 is 0 Å². The molecule has 0 radical (unpaired) electrons. The Morgan fingerprint density at radius 2 is 2.05 bits per heavy atom. The molecule has 2 heterocycles. The zero-order valence-corrected chi connectivity index (χ0v) is 12.3. The van der Waals surface area contributed by atoms with Crippen LogP contribution in [0.3, 0.4) is 0 Å². The quantitative estimate of drug-likeness (QED) is 0.821. The highest BCUT2D eigenvalue weighted by Crippen LogP contribution is 2.39. The Bertz CT molecular complexity index is 509. The number of rotatable bonds is 2. The molecule has 5 nitrogen and oxygen atoms in total. The largest absolute Gasteiger partial charge is 0.353 e. The number of anilines is 1. The maximum atomic E-state index is 11.4. The van der Waals surface area contributed by atoms with Gasteiger partial charge < -0.3 is 9.80 Å². The number of hydrogen-bond donors (Lipinski definition) is 0. The first kappa shape index (κ1) is 13.3. The fraction of sp³-hybridized carbons (Fsp3) is 0.667. The van der Waals surface area contributed by atoms with Gasteiger partial charge in [-0.15, -0.1) is 0 Å². The van der Waals surface area contributed by atoms with E-state index in [0.717, 1.165) is 44.8 Å². The van der Waals surface area contributed by atoms with Crippen LogP contribution in [0.1, 0.15) is 43.9 Å². The van der Waals surface area contributed by atoms with Crippen LogP contribution in [0.4, 0.5) is 5.82 Å². The molecular weight excluding hydrogens is 252 g/mol. The third-order valence-electron chi connectivity index (χ3n) is 4.60. The van der Waals surface area contributed by atoms with Crippen LogP contribution >= 0.6 is 0 Å². The number of amides is 1. The predicted octanol–water partition coefficient (Wildman–Crippen LogP) is 1.58. The second-order valence-electron chi connectivity index (χ2n) is 5.69.